The number of carbonyl (C=O) groups is 4. The average Bonchev–Trinajstić information content (AvgIpc) is 3.15. The highest BCUT2D eigenvalue weighted by atomic mass is 32.2. The molecule has 0 aliphatic carbocycles. The van der Waals surface area contributed by atoms with E-state index in [4.69, 9.17) is 18.9 Å². The van der Waals surface area contributed by atoms with Gasteiger partial charge in [0.25, 0.3) is 0 Å². The van der Waals surface area contributed by atoms with Crippen LogP contribution in [0.1, 0.15) is 55.3 Å². The first-order valence-corrected chi connectivity index (χ1v) is 17.8. The van der Waals surface area contributed by atoms with Crippen molar-refractivity contribution < 1.29 is 43.2 Å². The van der Waals surface area contributed by atoms with Crippen LogP contribution >= 0.6 is 23.5 Å². The summed E-state index contributed by atoms with van der Waals surface area (Å²) < 4.78 is 23.1. The summed E-state index contributed by atoms with van der Waals surface area (Å²) in [7, 11) is 0. The fourth-order valence-corrected chi connectivity index (χ4v) is 7.30. The summed E-state index contributed by atoms with van der Waals surface area (Å²) in [6.07, 6.45) is -6.18. The molecular formula is C38H38O9S2. The predicted molar refractivity (Wildman–Crippen MR) is 190 cm³/mol. The molecule has 256 valence electrons. The molecule has 4 rings (SSSR count). The number of ether oxygens (including phenoxy) is 4. The summed E-state index contributed by atoms with van der Waals surface area (Å²) in [6, 6.07) is 32.5. The molecular weight excluding hydrogens is 665 g/mol. The van der Waals surface area contributed by atoms with Gasteiger partial charge in [-0.1, -0.05) is 86.6 Å². The van der Waals surface area contributed by atoms with Crippen molar-refractivity contribution in [2.45, 2.75) is 42.8 Å². The molecule has 0 saturated heterocycles. The largest absolute Gasteiger partial charge is 0.458 e. The van der Waals surface area contributed by atoms with E-state index in [9.17, 15) is 24.3 Å². The van der Waals surface area contributed by atoms with Gasteiger partial charge in [-0.3, -0.25) is 0 Å². The van der Waals surface area contributed by atoms with E-state index in [0.29, 0.717) is 11.5 Å². The second-order valence-corrected chi connectivity index (χ2v) is 13.7. The van der Waals surface area contributed by atoms with Crippen molar-refractivity contribution in [1.82, 2.24) is 0 Å². The highest BCUT2D eigenvalue weighted by Crippen LogP contribution is 2.32. The van der Waals surface area contributed by atoms with E-state index in [1.807, 2.05) is 13.8 Å². The zero-order valence-corrected chi connectivity index (χ0v) is 28.7. The van der Waals surface area contributed by atoms with Gasteiger partial charge < -0.3 is 24.1 Å². The molecule has 9 nitrogen and oxygen atoms in total. The van der Waals surface area contributed by atoms with Crippen LogP contribution in [-0.4, -0.2) is 76.1 Å². The third-order valence-electron chi connectivity index (χ3n) is 7.13. The molecule has 4 atom stereocenters. The van der Waals surface area contributed by atoms with Gasteiger partial charge in [-0.25, -0.2) is 19.2 Å². The Morgan fingerprint density at radius 3 is 1.27 bits per heavy atom. The van der Waals surface area contributed by atoms with Gasteiger partial charge in [-0.15, -0.1) is 23.5 Å². The lowest BCUT2D eigenvalue weighted by atomic mass is 10.0. The standard InChI is InChI=1S/C38H38O9S2/c1-3-48-38(49-4-2)31(39)33(47-37(43)29-23-15-8-16-24-29)32(46-36(42)28-21-13-7-14-22-28)30(45-35(41)27-19-11-6-12-20-27)25-44-34(40)26-17-9-5-10-18-26/h5-24,30-33,38-39H,3-4,25H2,1-2H3/t30-,31-,32-,33-/m1/s1. The monoisotopic (exact) mass is 702 g/mol. The van der Waals surface area contributed by atoms with Gasteiger partial charge >= 0.3 is 23.9 Å². The zero-order valence-electron chi connectivity index (χ0n) is 27.1. The molecule has 0 aliphatic rings. The van der Waals surface area contributed by atoms with Crippen molar-refractivity contribution in [3.8, 4) is 0 Å². The Balaban J connectivity index is 1.81. The summed E-state index contributed by atoms with van der Waals surface area (Å²) in [5.74, 6) is -1.95. The Morgan fingerprint density at radius 1 is 0.531 bits per heavy atom. The molecule has 0 bridgehead atoms. The summed E-state index contributed by atoms with van der Waals surface area (Å²) in [5, 5.41) is 12.0. The Bertz CT molecular complexity index is 1620. The Hall–Kier alpha value is -4.58. The molecule has 0 saturated carbocycles. The minimum atomic E-state index is -1.64. The first-order chi connectivity index (χ1) is 23.8. The number of hydrogen-bond acceptors (Lipinski definition) is 11. The van der Waals surface area contributed by atoms with E-state index in [1.165, 1.54) is 47.8 Å². The SMILES string of the molecule is CCSC(SCC)[C@H](O)[C@@H](OC(=O)c1ccccc1)[C@H](OC(=O)c1ccccc1)[C@@H](COC(=O)c1ccccc1)OC(=O)c1ccccc1. The van der Waals surface area contributed by atoms with Crippen LogP contribution in [0.2, 0.25) is 0 Å². The molecule has 1 N–H and O–H groups in total. The maximum absolute atomic E-state index is 13.7. The van der Waals surface area contributed by atoms with Crippen LogP contribution in [0.15, 0.2) is 121 Å². The summed E-state index contributed by atoms with van der Waals surface area (Å²) in [5.41, 5.74) is 0.754. The van der Waals surface area contributed by atoms with E-state index in [-0.39, 0.29) is 22.3 Å². The maximum atomic E-state index is 13.7. The van der Waals surface area contributed by atoms with E-state index >= 15 is 0 Å². The molecule has 0 radical (unpaired) electrons. The topological polar surface area (TPSA) is 125 Å². The fourth-order valence-electron chi connectivity index (χ4n) is 4.74. The minimum absolute atomic E-state index is 0.159. The van der Waals surface area contributed by atoms with Crippen LogP contribution in [0.25, 0.3) is 0 Å². The van der Waals surface area contributed by atoms with E-state index in [1.54, 1.807) is 97.1 Å². The highest BCUT2D eigenvalue weighted by Gasteiger charge is 2.46. The zero-order chi connectivity index (χ0) is 35.0. The smallest absolute Gasteiger partial charge is 0.338 e. The van der Waals surface area contributed by atoms with Crippen molar-refractivity contribution >= 4 is 47.4 Å². The molecule has 4 aromatic carbocycles. The number of rotatable bonds is 17. The van der Waals surface area contributed by atoms with Crippen LogP contribution in [0.5, 0.6) is 0 Å². The van der Waals surface area contributed by atoms with Gasteiger partial charge in [0.1, 0.15) is 12.7 Å². The molecule has 0 unspecified atom stereocenters. The van der Waals surface area contributed by atoms with Gasteiger partial charge in [-0.05, 0) is 60.0 Å². The second kappa shape index (κ2) is 19.4. The molecule has 4 aromatic rings. The minimum Gasteiger partial charge on any atom is -0.458 e. The molecule has 0 heterocycles. The molecule has 0 fully saturated rings. The van der Waals surface area contributed by atoms with Crippen LogP contribution in [-0.2, 0) is 18.9 Å². The highest BCUT2D eigenvalue weighted by molar-refractivity contribution is 8.17. The van der Waals surface area contributed by atoms with Crippen molar-refractivity contribution in [1.29, 1.82) is 0 Å². The Labute approximate surface area is 294 Å². The lowest BCUT2D eigenvalue weighted by molar-refractivity contribution is -0.126. The van der Waals surface area contributed by atoms with Crippen molar-refractivity contribution in [2.75, 3.05) is 18.1 Å². The van der Waals surface area contributed by atoms with Gasteiger partial charge in [-0.2, -0.15) is 0 Å². The Morgan fingerprint density at radius 2 is 0.878 bits per heavy atom. The first kappa shape index (κ1) is 37.2. The first-order valence-electron chi connectivity index (χ1n) is 15.7. The van der Waals surface area contributed by atoms with Gasteiger partial charge in [0.2, 0.25) is 0 Å². The van der Waals surface area contributed by atoms with Crippen molar-refractivity contribution in [2.24, 2.45) is 0 Å². The van der Waals surface area contributed by atoms with E-state index in [2.05, 4.69) is 0 Å². The lowest BCUT2D eigenvalue weighted by Gasteiger charge is -2.36. The number of aliphatic hydroxyl groups excluding tert-OH is 1. The van der Waals surface area contributed by atoms with Crippen molar-refractivity contribution in [3.63, 3.8) is 0 Å². The van der Waals surface area contributed by atoms with Gasteiger partial charge in [0.15, 0.2) is 18.3 Å². The molecule has 0 spiro atoms. The maximum Gasteiger partial charge on any atom is 0.338 e. The normalized spacial score (nSPS) is 13.4. The van der Waals surface area contributed by atoms with Crippen LogP contribution in [0.4, 0.5) is 0 Å². The number of thioether (sulfide) groups is 2. The third-order valence-corrected chi connectivity index (χ3v) is 9.83. The van der Waals surface area contributed by atoms with Crippen LogP contribution < -0.4 is 0 Å². The number of benzene rings is 4. The summed E-state index contributed by atoms with van der Waals surface area (Å²) in [6.45, 7) is 3.25. The van der Waals surface area contributed by atoms with E-state index < -0.39 is 59.5 Å². The molecule has 0 amide bonds. The number of hydrogen-bond donors (Lipinski definition) is 1. The van der Waals surface area contributed by atoms with E-state index in [0.717, 1.165) is 0 Å². The average molecular weight is 703 g/mol. The summed E-state index contributed by atoms with van der Waals surface area (Å²) >= 11 is 2.84. The third kappa shape index (κ3) is 11.0. The molecule has 11 heteroatoms. The summed E-state index contributed by atoms with van der Waals surface area (Å²) in [4.78, 5) is 53.9. The lowest BCUT2D eigenvalue weighted by Crippen LogP contribution is -2.54. The number of aliphatic hydroxyl groups is 1. The number of carbonyl (C=O) groups excluding carboxylic acids is 4. The molecule has 0 aliphatic heterocycles. The van der Waals surface area contributed by atoms with Gasteiger partial charge in [0.05, 0.1) is 26.8 Å². The quantitative estimate of drug-likeness (QED) is 0.0717. The second-order valence-electron chi connectivity index (χ2n) is 10.5. The molecule has 0 aromatic heterocycles. The van der Waals surface area contributed by atoms with Gasteiger partial charge in [0, 0.05) is 0 Å². The molecule has 49 heavy (non-hydrogen) atoms. The van der Waals surface area contributed by atoms with Crippen LogP contribution in [0, 0.1) is 0 Å². The Kier molecular flexibility index (Phi) is 14.8. The predicted octanol–water partition coefficient (Wildman–Crippen LogP) is 6.71. The number of esters is 4. The van der Waals surface area contributed by atoms with Crippen LogP contribution in [0.3, 0.4) is 0 Å². The fraction of sp³-hybridized carbons (Fsp3) is 0.263. The van der Waals surface area contributed by atoms with Crippen molar-refractivity contribution in [3.05, 3.63) is 144 Å².